The number of thioether (sulfide) groups is 1. The topological polar surface area (TPSA) is 85.8 Å². The van der Waals surface area contributed by atoms with Gasteiger partial charge in [0.2, 0.25) is 11.1 Å². The summed E-state index contributed by atoms with van der Waals surface area (Å²) in [6.07, 6.45) is -4.69. The zero-order valence-electron chi connectivity index (χ0n) is 12.0. The van der Waals surface area contributed by atoms with E-state index in [4.69, 9.17) is 5.84 Å². The molecule has 0 bridgehead atoms. The van der Waals surface area contributed by atoms with Crippen molar-refractivity contribution in [1.82, 2.24) is 20.2 Å². The molecule has 3 N–H and O–H groups in total. The molecular formula is C13H14F3N5OS. The van der Waals surface area contributed by atoms with Crippen LogP contribution in [0.4, 0.5) is 13.2 Å². The van der Waals surface area contributed by atoms with Gasteiger partial charge in [-0.1, -0.05) is 42.1 Å². The minimum Gasteiger partial charge on any atom is -0.349 e. The van der Waals surface area contributed by atoms with E-state index in [1.807, 2.05) is 37.3 Å². The minimum atomic E-state index is -4.69. The summed E-state index contributed by atoms with van der Waals surface area (Å²) in [5.41, 5.74) is 0.923. The average molecular weight is 345 g/mol. The molecule has 0 unspecified atom stereocenters. The molecule has 6 nitrogen and oxygen atoms in total. The van der Waals surface area contributed by atoms with Gasteiger partial charge in [0.25, 0.3) is 5.82 Å². The molecule has 2 aromatic rings. The molecule has 0 aliphatic rings. The number of nitrogen functional groups attached to an aromatic ring is 1. The highest BCUT2D eigenvalue weighted by atomic mass is 32.2. The quantitative estimate of drug-likeness (QED) is 0.639. The fourth-order valence-electron chi connectivity index (χ4n) is 1.81. The normalized spacial score (nSPS) is 12.9. The Labute approximate surface area is 134 Å². The van der Waals surface area contributed by atoms with Crippen LogP contribution in [0.3, 0.4) is 0 Å². The monoisotopic (exact) mass is 345 g/mol. The zero-order chi connectivity index (χ0) is 17.0. The van der Waals surface area contributed by atoms with Crippen molar-refractivity contribution in [3.8, 4) is 0 Å². The van der Waals surface area contributed by atoms with Crippen LogP contribution in [-0.4, -0.2) is 26.5 Å². The molecule has 124 valence electrons. The minimum absolute atomic E-state index is 0.121. The third-order valence-corrected chi connectivity index (χ3v) is 3.87. The number of rotatable bonds is 5. The first-order chi connectivity index (χ1) is 10.8. The summed E-state index contributed by atoms with van der Waals surface area (Å²) < 4.78 is 37.9. The summed E-state index contributed by atoms with van der Waals surface area (Å²) in [5.74, 6) is 3.51. The van der Waals surface area contributed by atoms with E-state index in [1.165, 1.54) is 0 Å². The Morgan fingerprint density at radius 1 is 1.35 bits per heavy atom. The molecule has 1 atom stereocenters. The van der Waals surface area contributed by atoms with E-state index >= 15 is 0 Å². The van der Waals surface area contributed by atoms with E-state index in [0.717, 1.165) is 17.3 Å². The third kappa shape index (κ3) is 4.38. The Morgan fingerprint density at radius 2 is 2.00 bits per heavy atom. The SMILES string of the molecule is C[C@@H](NC(=O)CSc1nnc(C(F)(F)F)n1N)c1ccccc1. The van der Waals surface area contributed by atoms with Crippen molar-refractivity contribution in [1.29, 1.82) is 0 Å². The molecule has 2 rings (SSSR count). The maximum Gasteiger partial charge on any atom is 0.453 e. The molecule has 1 amide bonds. The Bertz CT molecular complexity index is 674. The highest BCUT2D eigenvalue weighted by Crippen LogP contribution is 2.28. The number of carbonyl (C=O) groups excluding carboxylic acids is 1. The first-order valence-electron chi connectivity index (χ1n) is 6.54. The van der Waals surface area contributed by atoms with E-state index in [0.29, 0.717) is 4.68 Å². The van der Waals surface area contributed by atoms with Crippen LogP contribution in [-0.2, 0) is 11.0 Å². The summed E-state index contributed by atoms with van der Waals surface area (Å²) >= 11 is 0.782. The van der Waals surface area contributed by atoms with Crippen molar-refractivity contribution >= 4 is 17.7 Å². The van der Waals surface area contributed by atoms with Crippen LogP contribution in [0.2, 0.25) is 0 Å². The molecule has 23 heavy (non-hydrogen) atoms. The van der Waals surface area contributed by atoms with Gasteiger partial charge in [0.15, 0.2) is 0 Å². The second-order valence-corrected chi connectivity index (χ2v) is 5.61. The molecule has 0 spiro atoms. The molecule has 0 fully saturated rings. The molecule has 1 aromatic heterocycles. The number of benzene rings is 1. The van der Waals surface area contributed by atoms with Gasteiger partial charge >= 0.3 is 6.18 Å². The summed E-state index contributed by atoms with van der Waals surface area (Å²) in [4.78, 5) is 11.9. The fourth-order valence-corrected chi connectivity index (χ4v) is 2.47. The zero-order valence-corrected chi connectivity index (χ0v) is 12.9. The third-order valence-electron chi connectivity index (χ3n) is 2.93. The Hall–Kier alpha value is -2.23. The lowest BCUT2D eigenvalue weighted by Crippen LogP contribution is -2.28. The molecule has 0 saturated heterocycles. The second-order valence-electron chi connectivity index (χ2n) is 4.66. The Kier molecular flexibility index (Phi) is 5.14. The lowest BCUT2D eigenvalue weighted by atomic mass is 10.1. The van der Waals surface area contributed by atoms with Gasteiger partial charge in [0, 0.05) is 0 Å². The summed E-state index contributed by atoms with van der Waals surface area (Å²) in [7, 11) is 0. The number of aromatic nitrogens is 3. The summed E-state index contributed by atoms with van der Waals surface area (Å²) in [6, 6.07) is 9.07. The smallest absolute Gasteiger partial charge is 0.349 e. The van der Waals surface area contributed by atoms with Gasteiger partial charge < -0.3 is 11.2 Å². The molecular weight excluding hydrogens is 331 g/mol. The van der Waals surface area contributed by atoms with Crippen molar-refractivity contribution < 1.29 is 18.0 Å². The number of halogens is 3. The lowest BCUT2D eigenvalue weighted by molar-refractivity contribution is -0.146. The summed E-state index contributed by atoms with van der Waals surface area (Å²) in [5, 5.41) is 8.89. The highest BCUT2D eigenvalue weighted by Gasteiger charge is 2.38. The predicted octanol–water partition coefficient (Wildman–Crippen LogP) is 1.98. The van der Waals surface area contributed by atoms with E-state index in [-0.39, 0.29) is 22.9 Å². The number of nitrogens with one attached hydrogen (secondary N) is 1. The van der Waals surface area contributed by atoms with Crippen molar-refractivity contribution in [2.75, 3.05) is 11.6 Å². The van der Waals surface area contributed by atoms with Gasteiger partial charge in [-0.2, -0.15) is 13.2 Å². The average Bonchev–Trinajstić information content (AvgIpc) is 2.87. The number of carbonyl (C=O) groups is 1. The van der Waals surface area contributed by atoms with Gasteiger partial charge in [-0.05, 0) is 12.5 Å². The van der Waals surface area contributed by atoms with Crippen LogP contribution in [0.15, 0.2) is 35.5 Å². The predicted molar refractivity (Wildman–Crippen MR) is 78.9 cm³/mol. The van der Waals surface area contributed by atoms with Crippen LogP contribution >= 0.6 is 11.8 Å². The first kappa shape index (κ1) is 17.1. The van der Waals surface area contributed by atoms with Crippen LogP contribution in [0.25, 0.3) is 0 Å². The van der Waals surface area contributed by atoms with Crippen LogP contribution < -0.4 is 11.2 Å². The standard InChI is InChI=1S/C13H14F3N5OS/c1-8(9-5-3-2-4-6-9)18-10(22)7-23-12-20-19-11(21(12)17)13(14,15)16/h2-6,8H,7,17H2,1H3,(H,18,22)/t8-/m1/s1. The highest BCUT2D eigenvalue weighted by molar-refractivity contribution is 7.99. The molecule has 10 heteroatoms. The van der Waals surface area contributed by atoms with Crippen molar-refractivity contribution in [2.24, 2.45) is 0 Å². The van der Waals surface area contributed by atoms with Crippen molar-refractivity contribution in [2.45, 2.75) is 24.3 Å². The number of nitrogens with zero attached hydrogens (tertiary/aromatic N) is 3. The number of hydrogen-bond acceptors (Lipinski definition) is 5. The number of hydrogen-bond donors (Lipinski definition) is 2. The van der Waals surface area contributed by atoms with E-state index in [2.05, 4.69) is 15.5 Å². The van der Waals surface area contributed by atoms with Gasteiger partial charge in [0.1, 0.15) is 0 Å². The number of amides is 1. The first-order valence-corrected chi connectivity index (χ1v) is 7.52. The van der Waals surface area contributed by atoms with E-state index in [1.54, 1.807) is 0 Å². The molecule has 1 heterocycles. The lowest BCUT2D eigenvalue weighted by Gasteiger charge is -2.13. The maximum atomic E-state index is 12.5. The van der Waals surface area contributed by atoms with E-state index in [9.17, 15) is 18.0 Å². The van der Waals surface area contributed by atoms with Gasteiger partial charge in [-0.3, -0.25) is 4.79 Å². The van der Waals surface area contributed by atoms with Crippen LogP contribution in [0.5, 0.6) is 0 Å². The molecule has 0 radical (unpaired) electrons. The fraction of sp³-hybridized carbons (Fsp3) is 0.308. The number of nitrogens with two attached hydrogens (primary N) is 1. The van der Waals surface area contributed by atoms with E-state index < -0.39 is 12.0 Å². The van der Waals surface area contributed by atoms with Crippen LogP contribution in [0, 0.1) is 0 Å². The Balaban J connectivity index is 1.91. The van der Waals surface area contributed by atoms with Gasteiger partial charge in [-0.15, -0.1) is 10.2 Å². The number of alkyl halides is 3. The summed E-state index contributed by atoms with van der Waals surface area (Å²) in [6.45, 7) is 1.81. The molecule has 0 saturated carbocycles. The largest absolute Gasteiger partial charge is 0.453 e. The van der Waals surface area contributed by atoms with Gasteiger partial charge in [-0.25, -0.2) is 4.68 Å². The van der Waals surface area contributed by atoms with Crippen LogP contribution in [0.1, 0.15) is 24.4 Å². The molecule has 0 aliphatic heterocycles. The Morgan fingerprint density at radius 3 is 2.57 bits per heavy atom. The van der Waals surface area contributed by atoms with Gasteiger partial charge in [0.05, 0.1) is 11.8 Å². The molecule has 0 aliphatic carbocycles. The maximum absolute atomic E-state index is 12.5. The van der Waals surface area contributed by atoms with Crippen molar-refractivity contribution in [3.63, 3.8) is 0 Å². The van der Waals surface area contributed by atoms with Crippen molar-refractivity contribution in [3.05, 3.63) is 41.7 Å². The second kappa shape index (κ2) is 6.90. The molecule has 1 aromatic carbocycles.